The van der Waals surface area contributed by atoms with Crippen molar-refractivity contribution in [1.82, 2.24) is 4.98 Å². The second-order valence-electron chi connectivity index (χ2n) is 9.99. The van der Waals surface area contributed by atoms with Crippen molar-refractivity contribution < 1.29 is 14.7 Å². The quantitative estimate of drug-likeness (QED) is 0.597. The number of rotatable bonds is 4. The summed E-state index contributed by atoms with van der Waals surface area (Å²) in [7, 11) is 0. The summed E-state index contributed by atoms with van der Waals surface area (Å²) >= 11 is 1.38. The van der Waals surface area contributed by atoms with E-state index in [2.05, 4.69) is 55.3 Å². The molecule has 2 aromatic rings. The number of anilines is 1. The maximum absolute atomic E-state index is 13.2. The average molecular weight is 439 g/mol. The summed E-state index contributed by atoms with van der Waals surface area (Å²) in [5.41, 5.74) is 5.50. The lowest BCUT2D eigenvalue weighted by Gasteiger charge is -2.25. The van der Waals surface area contributed by atoms with Crippen molar-refractivity contribution >= 4 is 28.3 Å². The maximum Gasteiger partial charge on any atom is 0.307 e. The van der Waals surface area contributed by atoms with Gasteiger partial charge in [-0.3, -0.25) is 9.59 Å². The van der Waals surface area contributed by atoms with Crippen LogP contribution in [0.1, 0.15) is 53.0 Å². The minimum Gasteiger partial charge on any atom is -0.481 e. The molecule has 0 saturated heterocycles. The summed E-state index contributed by atoms with van der Waals surface area (Å²) in [6.07, 6.45) is 1.74. The van der Waals surface area contributed by atoms with Gasteiger partial charge >= 0.3 is 5.97 Å². The molecule has 2 aliphatic rings. The molecule has 4 rings (SSSR count). The molecule has 31 heavy (non-hydrogen) atoms. The molecule has 1 amide bonds. The third-order valence-corrected chi connectivity index (χ3v) is 7.55. The summed E-state index contributed by atoms with van der Waals surface area (Å²) in [6.45, 7) is 10.6. The highest BCUT2D eigenvalue weighted by Crippen LogP contribution is 2.57. The fourth-order valence-electron chi connectivity index (χ4n) is 5.40. The first-order valence-electron chi connectivity index (χ1n) is 10.9. The van der Waals surface area contributed by atoms with Crippen LogP contribution in [0, 0.1) is 23.7 Å². The molecule has 164 valence electrons. The molecule has 2 fully saturated rings. The number of carboxylic acid groups (broad SMARTS) is 1. The van der Waals surface area contributed by atoms with Gasteiger partial charge < -0.3 is 10.4 Å². The molecule has 5 nitrogen and oxygen atoms in total. The van der Waals surface area contributed by atoms with Crippen LogP contribution in [0.15, 0.2) is 40.8 Å². The predicted octanol–water partition coefficient (Wildman–Crippen LogP) is 5.74. The zero-order chi connectivity index (χ0) is 22.5. The lowest BCUT2D eigenvalue weighted by Crippen LogP contribution is -2.37. The summed E-state index contributed by atoms with van der Waals surface area (Å²) in [6, 6.07) is 8.33. The fraction of sp³-hybridized carbons (Fsp3) is 0.480. The van der Waals surface area contributed by atoms with Crippen molar-refractivity contribution in [3.63, 3.8) is 0 Å². The Labute approximate surface area is 187 Å². The van der Waals surface area contributed by atoms with E-state index in [1.165, 1.54) is 22.5 Å². The molecule has 0 spiro atoms. The van der Waals surface area contributed by atoms with E-state index in [1.54, 1.807) is 0 Å². The number of benzene rings is 1. The monoisotopic (exact) mass is 438 g/mol. The highest BCUT2D eigenvalue weighted by Gasteiger charge is 2.57. The molecule has 0 unspecified atom stereocenters. The lowest BCUT2D eigenvalue weighted by molar-refractivity contribution is -0.148. The number of carbonyl (C=O) groups excluding carboxylic acids is 1. The van der Waals surface area contributed by atoms with Gasteiger partial charge in [0.25, 0.3) is 0 Å². The molecule has 2 bridgehead atoms. The number of aliphatic carboxylic acids is 1. The largest absolute Gasteiger partial charge is 0.481 e. The van der Waals surface area contributed by atoms with E-state index < -0.39 is 17.8 Å². The predicted molar refractivity (Wildman–Crippen MR) is 124 cm³/mol. The molecule has 1 aromatic carbocycles. The van der Waals surface area contributed by atoms with Crippen LogP contribution in [-0.2, 0) is 15.0 Å². The van der Waals surface area contributed by atoms with Gasteiger partial charge in [0.2, 0.25) is 5.91 Å². The fourth-order valence-corrected chi connectivity index (χ4v) is 6.12. The van der Waals surface area contributed by atoms with E-state index >= 15 is 0 Å². The zero-order valence-electron chi connectivity index (χ0n) is 18.7. The summed E-state index contributed by atoms with van der Waals surface area (Å²) in [4.78, 5) is 29.8. The Bertz CT molecular complexity index is 1040. The van der Waals surface area contributed by atoms with Crippen LogP contribution in [0.3, 0.4) is 0 Å². The highest BCUT2D eigenvalue weighted by molar-refractivity contribution is 7.14. The van der Waals surface area contributed by atoms with Gasteiger partial charge in [-0.1, -0.05) is 56.2 Å². The summed E-state index contributed by atoms with van der Waals surface area (Å²) < 4.78 is 0. The third-order valence-electron chi connectivity index (χ3n) is 6.79. The molecular weight excluding hydrogens is 408 g/mol. The average Bonchev–Trinajstić information content (AvgIpc) is 3.40. The van der Waals surface area contributed by atoms with Gasteiger partial charge in [0, 0.05) is 10.9 Å². The molecule has 1 aromatic heterocycles. The molecule has 2 N–H and O–H groups in total. The van der Waals surface area contributed by atoms with Crippen molar-refractivity contribution in [3.05, 3.63) is 46.4 Å². The molecule has 2 saturated carbocycles. The number of carboxylic acids is 1. The molecule has 1 heterocycles. The van der Waals surface area contributed by atoms with Crippen molar-refractivity contribution in [2.24, 2.45) is 23.7 Å². The van der Waals surface area contributed by atoms with Crippen LogP contribution < -0.4 is 5.32 Å². The first-order chi connectivity index (χ1) is 14.6. The Hall–Kier alpha value is -2.47. The van der Waals surface area contributed by atoms with Crippen LogP contribution in [0.25, 0.3) is 11.3 Å². The Kier molecular flexibility index (Phi) is 5.54. The third kappa shape index (κ3) is 3.93. The Morgan fingerprint density at radius 3 is 2.23 bits per heavy atom. The molecular formula is C25H30N2O3S. The van der Waals surface area contributed by atoms with Crippen molar-refractivity contribution in [2.75, 3.05) is 5.32 Å². The van der Waals surface area contributed by atoms with Gasteiger partial charge in [-0.15, -0.1) is 11.3 Å². The van der Waals surface area contributed by atoms with Crippen LogP contribution in [0.5, 0.6) is 0 Å². The molecule has 0 aliphatic heterocycles. The number of aromatic nitrogens is 1. The number of nitrogens with zero attached hydrogens (tertiary/aromatic N) is 1. The number of nitrogens with one attached hydrogen (secondary N) is 1. The van der Waals surface area contributed by atoms with Crippen molar-refractivity contribution in [3.8, 4) is 11.3 Å². The second kappa shape index (κ2) is 7.90. The summed E-state index contributed by atoms with van der Waals surface area (Å²) in [5, 5.41) is 15.2. The number of hydrogen-bond acceptors (Lipinski definition) is 4. The SMILES string of the molecule is CC(C)=C1[C@H]2CC[C@H]1[C@@H](C(=O)Nc1nc(-c3ccc(C(C)(C)C)cc3)cs1)[C@@H]2C(=O)O. The van der Waals surface area contributed by atoms with Crippen LogP contribution in [-0.4, -0.2) is 22.0 Å². The van der Waals surface area contributed by atoms with E-state index in [9.17, 15) is 14.7 Å². The number of thiazole rings is 1. The van der Waals surface area contributed by atoms with E-state index in [0.717, 1.165) is 29.7 Å². The number of fused-ring (bicyclic) bond motifs is 2. The number of carbonyl (C=O) groups is 2. The zero-order valence-corrected chi connectivity index (χ0v) is 19.5. The molecule has 6 heteroatoms. The van der Waals surface area contributed by atoms with E-state index in [-0.39, 0.29) is 23.2 Å². The second-order valence-corrected chi connectivity index (χ2v) is 10.8. The smallest absolute Gasteiger partial charge is 0.307 e. The standard InChI is InChI=1S/C25H30N2O3S/c1-13(2)19-16-10-11-17(19)21(23(29)30)20(16)22(28)27-24-26-18(12-31-24)14-6-8-15(9-7-14)25(3,4)5/h6-9,12,16-17,20-21H,10-11H2,1-5H3,(H,29,30)(H,26,27,28)/t16-,17-,20-,21-/m1/s1. The maximum atomic E-state index is 13.2. The van der Waals surface area contributed by atoms with Gasteiger partial charge in [0.1, 0.15) is 0 Å². The van der Waals surface area contributed by atoms with E-state index in [1.807, 2.05) is 19.2 Å². The van der Waals surface area contributed by atoms with Crippen molar-refractivity contribution in [1.29, 1.82) is 0 Å². The van der Waals surface area contributed by atoms with Gasteiger partial charge in [-0.05, 0) is 49.5 Å². The Balaban J connectivity index is 1.53. The molecule has 0 radical (unpaired) electrons. The van der Waals surface area contributed by atoms with Crippen LogP contribution in [0.4, 0.5) is 5.13 Å². The van der Waals surface area contributed by atoms with Gasteiger partial charge in [0.15, 0.2) is 5.13 Å². The number of amides is 1. The topological polar surface area (TPSA) is 79.3 Å². The Morgan fingerprint density at radius 2 is 1.68 bits per heavy atom. The van der Waals surface area contributed by atoms with Crippen LogP contribution >= 0.6 is 11.3 Å². The molecule has 4 atom stereocenters. The summed E-state index contributed by atoms with van der Waals surface area (Å²) in [5.74, 6) is -2.25. The minimum atomic E-state index is -0.870. The number of hydrogen-bond donors (Lipinski definition) is 2. The number of allylic oxidation sites excluding steroid dienone is 2. The van der Waals surface area contributed by atoms with Gasteiger partial charge in [-0.25, -0.2) is 4.98 Å². The lowest BCUT2D eigenvalue weighted by atomic mass is 9.79. The first-order valence-corrected chi connectivity index (χ1v) is 11.7. The normalized spacial score (nSPS) is 25.0. The first kappa shape index (κ1) is 21.8. The van der Waals surface area contributed by atoms with Gasteiger partial charge in [0.05, 0.1) is 17.5 Å². The van der Waals surface area contributed by atoms with E-state index in [0.29, 0.717) is 5.13 Å². The van der Waals surface area contributed by atoms with Crippen LogP contribution in [0.2, 0.25) is 0 Å². The van der Waals surface area contributed by atoms with Crippen molar-refractivity contribution in [2.45, 2.75) is 52.9 Å². The van der Waals surface area contributed by atoms with E-state index in [4.69, 9.17) is 0 Å². The molecule has 2 aliphatic carbocycles. The van der Waals surface area contributed by atoms with Gasteiger partial charge in [-0.2, -0.15) is 0 Å². The Morgan fingerprint density at radius 1 is 1.06 bits per heavy atom. The highest BCUT2D eigenvalue weighted by atomic mass is 32.1. The minimum absolute atomic E-state index is 0.0172.